The average molecular weight is 346 g/mol. The second-order valence-electron chi connectivity index (χ2n) is 6.92. The standard InChI is InChI=1S/C18H26N4O3/c1-5-16(23)20-14-12-13(19)6-7-15(14)21-8-10-22(11-9-21)17(24)25-18(2,3)4/h5-7,12H,1,8-11,19H2,2-4H3,(H,20,23). The van der Waals surface area contributed by atoms with Crippen LogP contribution in [0.25, 0.3) is 0 Å². The van der Waals surface area contributed by atoms with E-state index >= 15 is 0 Å². The van der Waals surface area contributed by atoms with Crippen LogP contribution in [0.1, 0.15) is 20.8 Å². The van der Waals surface area contributed by atoms with Gasteiger partial charge in [0.15, 0.2) is 0 Å². The van der Waals surface area contributed by atoms with Gasteiger partial charge in [-0.05, 0) is 45.0 Å². The normalized spacial score (nSPS) is 14.8. The monoisotopic (exact) mass is 346 g/mol. The molecule has 1 aromatic rings. The lowest BCUT2D eigenvalue weighted by molar-refractivity contribution is -0.111. The maximum atomic E-state index is 12.2. The van der Waals surface area contributed by atoms with E-state index in [1.165, 1.54) is 6.08 Å². The molecule has 136 valence electrons. The summed E-state index contributed by atoms with van der Waals surface area (Å²) in [6.45, 7) is 11.4. The van der Waals surface area contributed by atoms with Gasteiger partial charge in [-0.15, -0.1) is 0 Å². The van der Waals surface area contributed by atoms with Crippen molar-refractivity contribution in [1.29, 1.82) is 0 Å². The van der Waals surface area contributed by atoms with E-state index in [1.54, 1.807) is 17.0 Å². The molecule has 0 aromatic heterocycles. The number of anilines is 3. The third-order valence-electron chi connectivity index (χ3n) is 3.74. The molecular weight excluding hydrogens is 320 g/mol. The summed E-state index contributed by atoms with van der Waals surface area (Å²) in [5, 5.41) is 2.78. The fourth-order valence-electron chi connectivity index (χ4n) is 2.57. The maximum Gasteiger partial charge on any atom is 0.410 e. The number of hydrogen-bond acceptors (Lipinski definition) is 5. The highest BCUT2D eigenvalue weighted by Crippen LogP contribution is 2.29. The van der Waals surface area contributed by atoms with Gasteiger partial charge in [-0.25, -0.2) is 4.79 Å². The molecule has 2 rings (SSSR count). The summed E-state index contributed by atoms with van der Waals surface area (Å²) >= 11 is 0. The molecule has 1 aliphatic rings. The van der Waals surface area contributed by atoms with Crippen molar-refractivity contribution in [3.8, 4) is 0 Å². The lowest BCUT2D eigenvalue weighted by Gasteiger charge is -2.37. The van der Waals surface area contributed by atoms with Crippen LogP contribution < -0.4 is 16.0 Å². The van der Waals surface area contributed by atoms with E-state index in [1.807, 2.05) is 26.8 Å². The van der Waals surface area contributed by atoms with E-state index in [2.05, 4.69) is 16.8 Å². The van der Waals surface area contributed by atoms with Crippen LogP contribution in [0.2, 0.25) is 0 Å². The van der Waals surface area contributed by atoms with Crippen molar-refractivity contribution in [2.45, 2.75) is 26.4 Å². The zero-order valence-corrected chi connectivity index (χ0v) is 15.0. The Morgan fingerprint density at radius 2 is 1.88 bits per heavy atom. The summed E-state index contributed by atoms with van der Waals surface area (Å²) in [6, 6.07) is 5.38. The van der Waals surface area contributed by atoms with Crippen molar-refractivity contribution in [3.63, 3.8) is 0 Å². The van der Waals surface area contributed by atoms with Crippen molar-refractivity contribution in [2.75, 3.05) is 42.1 Å². The first-order chi connectivity index (χ1) is 11.7. The summed E-state index contributed by atoms with van der Waals surface area (Å²) in [7, 11) is 0. The number of hydrogen-bond donors (Lipinski definition) is 2. The molecule has 1 aliphatic heterocycles. The van der Waals surface area contributed by atoms with E-state index in [9.17, 15) is 9.59 Å². The molecular formula is C18H26N4O3. The molecule has 7 nitrogen and oxygen atoms in total. The highest BCUT2D eigenvalue weighted by atomic mass is 16.6. The molecule has 0 unspecified atom stereocenters. The van der Waals surface area contributed by atoms with Crippen LogP contribution in [0.15, 0.2) is 30.9 Å². The molecule has 0 atom stereocenters. The van der Waals surface area contributed by atoms with Crippen molar-refractivity contribution in [1.82, 2.24) is 4.90 Å². The lowest BCUT2D eigenvalue weighted by atomic mass is 10.2. The number of amides is 2. The van der Waals surface area contributed by atoms with Crippen LogP contribution in [0.4, 0.5) is 21.9 Å². The van der Waals surface area contributed by atoms with Gasteiger partial charge in [-0.3, -0.25) is 4.79 Å². The molecule has 0 saturated carbocycles. The third kappa shape index (κ3) is 5.14. The number of carbonyl (C=O) groups excluding carboxylic acids is 2. The van der Waals surface area contributed by atoms with Crippen molar-refractivity contribution < 1.29 is 14.3 Å². The predicted octanol–water partition coefficient (Wildman–Crippen LogP) is 2.45. The van der Waals surface area contributed by atoms with Gasteiger partial charge in [0.2, 0.25) is 5.91 Å². The van der Waals surface area contributed by atoms with Gasteiger partial charge in [0, 0.05) is 31.9 Å². The minimum atomic E-state index is -0.507. The smallest absolute Gasteiger partial charge is 0.410 e. The molecule has 25 heavy (non-hydrogen) atoms. The number of carbonyl (C=O) groups is 2. The number of nitrogens with zero attached hydrogens (tertiary/aromatic N) is 2. The van der Waals surface area contributed by atoms with Gasteiger partial charge in [0.05, 0.1) is 11.4 Å². The molecule has 1 aromatic carbocycles. The molecule has 2 amide bonds. The third-order valence-corrected chi connectivity index (χ3v) is 3.74. The summed E-state index contributed by atoms with van der Waals surface area (Å²) in [4.78, 5) is 27.6. The largest absolute Gasteiger partial charge is 0.444 e. The second kappa shape index (κ2) is 7.46. The van der Waals surface area contributed by atoms with Crippen LogP contribution in [-0.2, 0) is 9.53 Å². The summed E-state index contributed by atoms with van der Waals surface area (Å²) in [6.07, 6.45) is 0.914. The molecule has 0 bridgehead atoms. The highest BCUT2D eigenvalue weighted by Gasteiger charge is 2.26. The molecule has 0 radical (unpaired) electrons. The lowest BCUT2D eigenvalue weighted by Crippen LogP contribution is -2.50. The minimum Gasteiger partial charge on any atom is -0.444 e. The topological polar surface area (TPSA) is 87.9 Å². The van der Waals surface area contributed by atoms with Crippen LogP contribution in [0.5, 0.6) is 0 Å². The van der Waals surface area contributed by atoms with Crippen molar-refractivity contribution in [2.24, 2.45) is 0 Å². The second-order valence-corrected chi connectivity index (χ2v) is 6.92. The Kier molecular flexibility index (Phi) is 5.56. The van der Waals surface area contributed by atoms with Gasteiger partial charge in [0.1, 0.15) is 5.60 Å². The maximum absolute atomic E-state index is 12.2. The Bertz CT molecular complexity index is 659. The van der Waals surface area contributed by atoms with Gasteiger partial charge < -0.3 is 25.6 Å². The zero-order chi connectivity index (χ0) is 18.6. The van der Waals surface area contributed by atoms with E-state index < -0.39 is 5.60 Å². The molecule has 0 spiro atoms. The van der Waals surface area contributed by atoms with Gasteiger partial charge >= 0.3 is 6.09 Å². The first-order valence-electron chi connectivity index (χ1n) is 8.25. The molecule has 3 N–H and O–H groups in total. The Morgan fingerprint density at radius 1 is 1.24 bits per heavy atom. The van der Waals surface area contributed by atoms with Crippen LogP contribution in [-0.4, -0.2) is 48.7 Å². The Labute approximate surface area is 148 Å². The minimum absolute atomic E-state index is 0.292. The van der Waals surface area contributed by atoms with Crippen LogP contribution >= 0.6 is 0 Å². The Morgan fingerprint density at radius 3 is 2.44 bits per heavy atom. The average Bonchev–Trinajstić information content (AvgIpc) is 2.53. The number of nitrogen functional groups attached to an aromatic ring is 1. The van der Waals surface area contributed by atoms with Gasteiger partial charge in [0.25, 0.3) is 0 Å². The SMILES string of the molecule is C=CC(=O)Nc1cc(N)ccc1N1CCN(C(=O)OC(C)(C)C)CC1. The molecule has 1 fully saturated rings. The highest BCUT2D eigenvalue weighted by molar-refractivity contribution is 6.01. The predicted molar refractivity (Wildman–Crippen MR) is 99.7 cm³/mol. The van der Waals surface area contributed by atoms with E-state index in [4.69, 9.17) is 10.5 Å². The number of rotatable bonds is 3. The molecule has 7 heteroatoms. The molecule has 1 heterocycles. The molecule has 0 aliphatic carbocycles. The number of nitrogens with one attached hydrogen (secondary N) is 1. The first kappa shape index (κ1) is 18.6. The van der Waals surface area contributed by atoms with E-state index in [-0.39, 0.29) is 12.0 Å². The number of piperazine rings is 1. The Hall–Kier alpha value is -2.70. The van der Waals surface area contributed by atoms with Crippen LogP contribution in [0.3, 0.4) is 0 Å². The summed E-state index contributed by atoms with van der Waals surface area (Å²) in [5.41, 5.74) is 7.39. The van der Waals surface area contributed by atoms with E-state index in [0.717, 1.165) is 5.69 Å². The van der Waals surface area contributed by atoms with Crippen molar-refractivity contribution >= 4 is 29.1 Å². The first-order valence-corrected chi connectivity index (χ1v) is 8.25. The number of nitrogens with two attached hydrogens (primary N) is 1. The quantitative estimate of drug-likeness (QED) is 0.648. The van der Waals surface area contributed by atoms with Gasteiger partial charge in [-0.1, -0.05) is 6.58 Å². The fraction of sp³-hybridized carbons (Fsp3) is 0.444. The van der Waals surface area contributed by atoms with Crippen LogP contribution in [0, 0.1) is 0 Å². The summed E-state index contributed by atoms with van der Waals surface area (Å²) in [5.74, 6) is -0.292. The number of benzene rings is 1. The van der Waals surface area contributed by atoms with Crippen molar-refractivity contribution in [3.05, 3.63) is 30.9 Å². The van der Waals surface area contributed by atoms with E-state index in [0.29, 0.717) is 37.6 Å². The molecule has 1 saturated heterocycles. The zero-order valence-electron chi connectivity index (χ0n) is 15.0. The van der Waals surface area contributed by atoms with Gasteiger partial charge in [-0.2, -0.15) is 0 Å². The summed E-state index contributed by atoms with van der Waals surface area (Å²) < 4.78 is 5.41. The Balaban J connectivity index is 2.06. The number of ether oxygens (including phenoxy) is 1. The fourth-order valence-corrected chi connectivity index (χ4v) is 2.57.